The summed E-state index contributed by atoms with van der Waals surface area (Å²) in [6.45, 7) is 1.15. The summed E-state index contributed by atoms with van der Waals surface area (Å²) in [5, 5.41) is 2.74. The number of benzene rings is 1. The maximum absolute atomic E-state index is 12.9. The van der Waals surface area contributed by atoms with Crippen molar-refractivity contribution in [1.82, 2.24) is 5.32 Å². The van der Waals surface area contributed by atoms with Crippen LogP contribution in [0.15, 0.2) is 22.7 Å². The van der Waals surface area contributed by atoms with Gasteiger partial charge in [-0.2, -0.15) is 0 Å². The molecule has 7 heteroatoms. The Morgan fingerprint density at radius 1 is 1.48 bits per heavy atom. The Kier molecular flexibility index (Phi) is 5.17. The molecular weight excluding hydrogens is 345 g/mol. The summed E-state index contributed by atoms with van der Waals surface area (Å²) in [6.07, 6.45) is 1.07. The summed E-state index contributed by atoms with van der Waals surface area (Å²) >= 11 is 3.12. The van der Waals surface area contributed by atoms with Gasteiger partial charge in [0.15, 0.2) is 12.7 Å². The van der Waals surface area contributed by atoms with Gasteiger partial charge in [-0.05, 0) is 53.9 Å². The molecule has 2 rings (SSSR count). The number of carbonyl (C=O) groups excluding carboxylic acids is 2. The van der Waals surface area contributed by atoms with E-state index >= 15 is 0 Å². The zero-order valence-corrected chi connectivity index (χ0v) is 13.0. The van der Waals surface area contributed by atoms with Crippen LogP contribution in [0.2, 0.25) is 0 Å². The standard InChI is InChI=1S/C14H15BrFNO4/c1-8(14(19)17-10-3-4-10)21-13(18)7-20-12-5-2-9(16)6-11(12)15/h2,5-6,8,10H,3-4,7H2,1H3,(H,17,19)/t8-/m0/s1. The van der Waals surface area contributed by atoms with E-state index < -0.39 is 17.9 Å². The maximum Gasteiger partial charge on any atom is 0.344 e. The smallest absolute Gasteiger partial charge is 0.344 e. The first-order valence-corrected chi connectivity index (χ1v) is 7.32. The van der Waals surface area contributed by atoms with Crippen molar-refractivity contribution in [3.8, 4) is 5.75 Å². The number of amides is 1. The van der Waals surface area contributed by atoms with E-state index in [9.17, 15) is 14.0 Å². The fourth-order valence-corrected chi connectivity index (χ4v) is 2.03. The van der Waals surface area contributed by atoms with E-state index in [-0.39, 0.29) is 18.6 Å². The van der Waals surface area contributed by atoms with Crippen molar-refractivity contribution in [1.29, 1.82) is 0 Å². The third-order valence-corrected chi connectivity index (χ3v) is 3.46. The molecular formula is C14H15BrFNO4. The van der Waals surface area contributed by atoms with Gasteiger partial charge < -0.3 is 14.8 Å². The van der Waals surface area contributed by atoms with Crippen LogP contribution in [0.4, 0.5) is 4.39 Å². The summed E-state index contributed by atoms with van der Waals surface area (Å²) in [5.74, 6) is -1.07. The lowest BCUT2D eigenvalue weighted by Crippen LogP contribution is -2.37. The molecule has 1 atom stereocenters. The molecule has 0 aromatic heterocycles. The molecule has 5 nitrogen and oxygen atoms in total. The molecule has 1 aromatic carbocycles. The third-order valence-electron chi connectivity index (χ3n) is 2.84. The number of ether oxygens (including phenoxy) is 2. The van der Waals surface area contributed by atoms with Gasteiger partial charge in [-0.3, -0.25) is 4.79 Å². The van der Waals surface area contributed by atoms with E-state index in [1.54, 1.807) is 0 Å². The van der Waals surface area contributed by atoms with Crippen LogP contribution in [0.1, 0.15) is 19.8 Å². The van der Waals surface area contributed by atoms with Crippen molar-refractivity contribution in [3.05, 3.63) is 28.5 Å². The molecule has 1 fully saturated rings. The van der Waals surface area contributed by atoms with E-state index in [0.29, 0.717) is 10.2 Å². The van der Waals surface area contributed by atoms with Gasteiger partial charge in [0.25, 0.3) is 5.91 Å². The molecule has 0 aliphatic heterocycles. The van der Waals surface area contributed by atoms with E-state index in [1.165, 1.54) is 25.1 Å². The number of halogens is 2. The number of carbonyl (C=O) groups is 2. The van der Waals surface area contributed by atoms with Gasteiger partial charge in [-0.15, -0.1) is 0 Å². The van der Waals surface area contributed by atoms with Crippen LogP contribution >= 0.6 is 15.9 Å². The van der Waals surface area contributed by atoms with Crippen LogP contribution < -0.4 is 10.1 Å². The molecule has 1 aromatic rings. The Bertz CT molecular complexity index is 548. The molecule has 0 unspecified atom stereocenters. The number of hydrogen-bond donors (Lipinski definition) is 1. The SMILES string of the molecule is C[C@H](OC(=O)COc1ccc(F)cc1Br)C(=O)NC1CC1. The highest BCUT2D eigenvalue weighted by atomic mass is 79.9. The second-order valence-electron chi connectivity index (χ2n) is 4.78. The average molecular weight is 360 g/mol. The van der Waals surface area contributed by atoms with Crippen molar-refractivity contribution in [2.24, 2.45) is 0 Å². The molecule has 21 heavy (non-hydrogen) atoms. The highest BCUT2D eigenvalue weighted by Crippen LogP contribution is 2.25. The van der Waals surface area contributed by atoms with Crippen LogP contribution in [0.5, 0.6) is 5.75 Å². The van der Waals surface area contributed by atoms with Crippen LogP contribution in [0, 0.1) is 5.82 Å². The van der Waals surface area contributed by atoms with Crippen LogP contribution in [0.25, 0.3) is 0 Å². The zero-order valence-electron chi connectivity index (χ0n) is 11.4. The van der Waals surface area contributed by atoms with Gasteiger partial charge in [0.2, 0.25) is 0 Å². The van der Waals surface area contributed by atoms with Crippen molar-refractivity contribution in [2.45, 2.75) is 31.9 Å². The topological polar surface area (TPSA) is 64.6 Å². The zero-order chi connectivity index (χ0) is 15.4. The molecule has 1 aliphatic carbocycles. The van der Waals surface area contributed by atoms with Gasteiger partial charge in [0, 0.05) is 6.04 Å². The monoisotopic (exact) mass is 359 g/mol. The molecule has 0 spiro atoms. The molecule has 114 valence electrons. The Balaban J connectivity index is 1.77. The highest BCUT2D eigenvalue weighted by molar-refractivity contribution is 9.10. The summed E-state index contributed by atoms with van der Waals surface area (Å²) < 4.78 is 23.5. The lowest BCUT2D eigenvalue weighted by molar-refractivity contribution is -0.156. The fraction of sp³-hybridized carbons (Fsp3) is 0.429. The minimum Gasteiger partial charge on any atom is -0.481 e. The average Bonchev–Trinajstić information content (AvgIpc) is 3.21. The van der Waals surface area contributed by atoms with E-state index in [0.717, 1.165) is 12.8 Å². The molecule has 0 radical (unpaired) electrons. The molecule has 0 heterocycles. The lowest BCUT2D eigenvalue weighted by atomic mass is 10.3. The first-order valence-electron chi connectivity index (χ1n) is 6.53. The number of rotatable bonds is 6. The normalized spacial score (nSPS) is 15.2. The summed E-state index contributed by atoms with van der Waals surface area (Å²) in [7, 11) is 0. The molecule has 0 bridgehead atoms. The van der Waals surface area contributed by atoms with Crippen LogP contribution in [0.3, 0.4) is 0 Å². The number of esters is 1. The summed E-state index contributed by atoms with van der Waals surface area (Å²) in [5.41, 5.74) is 0. The van der Waals surface area contributed by atoms with Gasteiger partial charge >= 0.3 is 5.97 Å². The summed E-state index contributed by atoms with van der Waals surface area (Å²) in [4.78, 5) is 23.2. The predicted octanol–water partition coefficient (Wildman–Crippen LogP) is 2.18. The highest BCUT2D eigenvalue weighted by Gasteiger charge is 2.27. The largest absolute Gasteiger partial charge is 0.481 e. The molecule has 1 saturated carbocycles. The first-order chi connectivity index (χ1) is 9.95. The maximum atomic E-state index is 12.9. The molecule has 1 N–H and O–H groups in total. The van der Waals surface area contributed by atoms with Gasteiger partial charge in [-0.1, -0.05) is 0 Å². The van der Waals surface area contributed by atoms with Gasteiger partial charge in [0.05, 0.1) is 4.47 Å². The van der Waals surface area contributed by atoms with Crippen LogP contribution in [-0.4, -0.2) is 30.6 Å². The van der Waals surface area contributed by atoms with Crippen LogP contribution in [-0.2, 0) is 14.3 Å². The second-order valence-corrected chi connectivity index (χ2v) is 5.63. The van der Waals surface area contributed by atoms with E-state index in [4.69, 9.17) is 9.47 Å². The van der Waals surface area contributed by atoms with E-state index in [1.807, 2.05) is 0 Å². The lowest BCUT2D eigenvalue weighted by Gasteiger charge is -2.13. The third kappa shape index (κ3) is 5.00. The number of hydrogen-bond acceptors (Lipinski definition) is 4. The second kappa shape index (κ2) is 6.89. The van der Waals surface area contributed by atoms with E-state index in [2.05, 4.69) is 21.2 Å². The Morgan fingerprint density at radius 2 is 2.19 bits per heavy atom. The van der Waals surface area contributed by atoms with Crippen molar-refractivity contribution < 1.29 is 23.5 Å². The Hall–Kier alpha value is -1.63. The Labute approximate surface area is 129 Å². The number of nitrogens with one attached hydrogen (secondary N) is 1. The molecule has 1 amide bonds. The first kappa shape index (κ1) is 15.8. The predicted molar refractivity (Wildman–Crippen MR) is 76.3 cm³/mol. The minimum absolute atomic E-state index is 0.213. The molecule has 1 aliphatic rings. The quantitative estimate of drug-likeness (QED) is 0.790. The van der Waals surface area contributed by atoms with Crippen molar-refractivity contribution >= 4 is 27.8 Å². The summed E-state index contributed by atoms with van der Waals surface area (Å²) in [6, 6.07) is 4.06. The minimum atomic E-state index is -0.863. The van der Waals surface area contributed by atoms with Crippen molar-refractivity contribution in [2.75, 3.05) is 6.61 Å². The van der Waals surface area contributed by atoms with Crippen molar-refractivity contribution in [3.63, 3.8) is 0 Å². The Morgan fingerprint density at radius 3 is 2.81 bits per heavy atom. The van der Waals surface area contributed by atoms with Gasteiger partial charge in [-0.25, -0.2) is 9.18 Å². The fourth-order valence-electron chi connectivity index (χ4n) is 1.56. The molecule has 0 saturated heterocycles. The van der Waals surface area contributed by atoms with Gasteiger partial charge in [0.1, 0.15) is 11.6 Å².